The predicted octanol–water partition coefficient (Wildman–Crippen LogP) is 1.80. The molecule has 1 aromatic carbocycles. The number of aromatic nitrogens is 3. The molecule has 96 valence electrons. The molecule has 0 fully saturated rings. The molecule has 0 radical (unpaired) electrons. The van der Waals surface area contributed by atoms with Crippen LogP contribution < -0.4 is 10.2 Å². The topological polar surface area (TPSA) is 46.0 Å². The van der Waals surface area contributed by atoms with Gasteiger partial charge in [-0.3, -0.25) is 0 Å². The van der Waals surface area contributed by atoms with Crippen molar-refractivity contribution in [1.82, 2.24) is 14.8 Å². The van der Waals surface area contributed by atoms with Gasteiger partial charge in [0.2, 0.25) is 0 Å². The smallest absolute Gasteiger partial charge is 0.152 e. The van der Waals surface area contributed by atoms with Gasteiger partial charge >= 0.3 is 0 Å². The summed E-state index contributed by atoms with van der Waals surface area (Å²) in [7, 11) is 6.04. The maximum Gasteiger partial charge on any atom is 0.152 e. The second-order valence-electron chi connectivity index (χ2n) is 4.52. The van der Waals surface area contributed by atoms with Crippen molar-refractivity contribution in [3.63, 3.8) is 0 Å². The first-order valence-corrected chi connectivity index (χ1v) is 5.94. The molecule has 2 rings (SSSR count). The molecule has 2 aromatic rings. The van der Waals surface area contributed by atoms with E-state index in [1.165, 1.54) is 5.69 Å². The van der Waals surface area contributed by atoms with Gasteiger partial charge in [-0.2, -0.15) is 0 Å². The van der Waals surface area contributed by atoms with Crippen LogP contribution in [0.5, 0.6) is 0 Å². The van der Waals surface area contributed by atoms with Crippen LogP contribution in [0.4, 0.5) is 11.4 Å². The Morgan fingerprint density at radius 3 is 2.33 bits per heavy atom. The number of hydrogen-bond donors (Lipinski definition) is 1. The first-order chi connectivity index (χ1) is 8.58. The lowest BCUT2D eigenvalue weighted by atomic mass is 10.2. The summed E-state index contributed by atoms with van der Waals surface area (Å²) < 4.78 is 1.99. The van der Waals surface area contributed by atoms with E-state index in [1.807, 2.05) is 32.6 Å². The molecule has 1 N–H and O–H groups in total. The van der Waals surface area contributed by atoms with Crippen LogP contribution in [0.25, 0.3) is 0 Å². The lowest BCUT2D eigenvalue weighted by Crippen LogP contribution is -2.09. The van der Waals surface area contributed by atoms with Crippen LogP contribution in [0, 0.1) is 6.92 Å². The van der Waals surface area contributed by atoms with Crippen LogP contribution in [0.3, 0.4) is 0 Å². The van der Waals surface area contributed by atoms with Gasteiger partial charge in [-0.15, -0.1) is 10.2 Å². The third kappa shape index (κ3) is 2.61. The van der Waals surface area contributed by atoms with Gasteiger partial charge in [0.05, 0.1) is 6.54 Å². The molecule has 18 heavy (non-hydrogen) atoms. The first kappa shape index (κ1) is 12.4. The fourth-order valence-corrected chi connectivity index (χ4v) is 1.66. The zero-order chi connectivity index (χ0) is 13.1. The van der Waals surface area contributed by atoms with E-state index in [2.05, 4.69) is 44.7 Å². The number of hydrogen-bond acceptors (Lipinski definition) is 4. The summed E-state index contributed by atoms with van der Waals surface area (Å²) in [5, 5.41) is 11.5. The maximum atomic E-state index is 4.12. The first-order valence-electron chi connectivity index (χ1n) is 5.94. The third-order valence-electron chi connectivity index (χ3n) is 3.02. The van der Waals surface area contributed by atoms with Crippen molar-refractivity contribution in [2.75, 3.05) is 24.3 Å². The molecule has 0 amide bonds. The van der Waals surface area contributed by atoms with Gasteiger partial charge in [-0.25, -0.2) is 0 Å². The zero-order valence-electron chi connectivity index (χ0n) is 11.3. The Morgan fingerprint density at radius 1 is 1.17 bits per heavy atom. The van der Waals surface area contributed by atoms with Crippen LogP contribution in [0.1, 0.15) is 11.6 Å². The lowest BCUT2D eigenvalue weighted by molar-refractivity contribution is 0.789. The zero-order valence-corrected chi connectivity index (χ0v) is 11.3. The maximum absolute atomic E-state index is 4.12. The molecule has 0 aliphatic carbocycles. The molecule has 5 heteroatoms. The van der Waals surface area contributed by atoms with Gasteiger partial charge in [-0.1, -0.05) is 0 Å². The fraction of sp³-hybridized carbons (Fsp3) is 0.385. The SMILES string of the molecule is Cc1nnc(CNc2ccc(N(C)C)cc2)n1C. The minimum Gasteiger partial charge on any atom is -0.378 e. The summed E-state index contributed by atoms with van der Waals surface area (Å²) in [6.07, 6.45) is 0. The molecule has 0 saturated heterocycles. The Bertz CT molecular complexity index is 513. The highest BCUT2D eigenvalue weighted by atomic mass is 15.3. The monoisotopic (exact) mass is 245 g/mol. The molecule has 5 nitrogen and oxygen atoms in total. The average molecular weight is 245 g/mol. The molecule has 0 bridgehead atoms. The highest BCUT2D eigenvalue weighted by molar-refractivity contribution is 5.54. The minimum absolute atomic E-state index is 0.679. The molecule has 0 atom stereocenters. The molecule has 1 heterocycles. The van der Waals surface area contributed by atoms with Crippen LogP contribution in [-0.4, -0.2) is 28.9 Å². The number of rotatable bonds is 4. The van der Waals surface area contributed by atoms with Crippen molar-refractivity contribution in [1.29, 1.82) is 0 Å². The molecule has 0 saturated carbocycles. The molecular formula is C13H19N5. The number of nitrogens with one attached hydrogen (secondary N) is 1. The van der Waals surface area contributed by atoms with Gasteiger partial charge in [0.1, 0.15) is 5.82 Å². The highest BCUT2D eigenvalue weighted by Crippen LogP contribution is 2.16. The normalized spacial score (nSPS) is 10.4. The molecular weight excluding hydrogens is 226 g/mol. The van der Waals surface area contributed by atoms with E-state index in [-0.39, 0.29) is 0 Å². The van der Waals surface area contributed by atoms with Crippen LogP contribution in [-0.2, 0) is 13.6 Å². The van der Waals surface area contributed by atoms with Gasteiger partial charge in [0.25, 0.3) is 0 Å². The van der Waals surface area contributed by atoms with Crippen molar-refractivity contribution in [3.8, 4) is 0 Å². The summed E-state index contributed by atoms with van der Waals surface area (Å²) >= 11 is 0. The number of aryl methyl sites for hydroxylation is 1. The molecule has 0 unspecified atom stereocenters. The quantitative estimate of drug-likeness (QED) is 0.892. The molecule has 0 aliphatic heterocycles. The second-order valence-corrected chi connectivity index (χ2v) is 4.52. The van der Waals surface area contributed by atoms with E-state index >= 15 is 0 Å². The van der Waals surface area contributed by atoms with Crippen molar-refractivity contribution >= 4 is 11.4 Å². The molecule has 0 spiro atoms. The number of anilines is 2. The van der Waals surface area contributed by atoms with Crippen molar-refractivity contribution in [2.24, 2.45) is 7.05 Å². The summed E-state index contributed by atoms with van der Waals surface area (Å²) in [5.74, 6) is 1.86. The Hall–Kier alpha value is -2.04. The van der Waals surface area contributed by atoms with Gasteiger partial charge in [0, 0.05) is 32.5 Å². The summed E-state index contributed by atoms with van der Waals surface area (Å²) in [6.45, 7) is 2.63. The summed E-state index contributed by atoms with van der Waals surface area (Å²) in [4.78, 5) is 2.08. The summed E-state index contributed by atoms with van der Waals surface area (Å²) in [5.41, 5.74) is 2.27. The minimum atomic E-state index is 0.679. The summed E-state index contributed by atoms with van der Waals surface area (Å²) in [6, 6.07) is 8.31. The van der Waals surface area contributed by atoms with Crippen molar-refractivity contribution in [2.45, 2.75) is 13.5 Å². The second kappa shape index (κ2) is 5.08. The van der Waals surface area contributed by atoms with Crippen molar-refractivity contribution < 1.29 is 0 Å². The lowest BCUT2D eigenvalue weighted by Gasteiger charge is -2.13. The average Bonchev–Trinajstić information content (AvgIpc) is 2.68. The van der Waals surface area contributed by atoms with E-state index < -0.39 is 0 Å². The predicted molar refractivity (Wildman–Crippen MR) is 73.8 cm³/mol. The Morgan fingerprint density at radius 2 is 1.83 bits per heavy atom. The standard InChI is InChI=1S/C13H19N5/c1-10-15-16-13(18(10)4)9-14-11-5-7-12(8-6-11)17(2)3/h5-8,14H,9H2,1-4H3. The van der Waals surface area contributed by atoms with Crippen molar-refractivity contribution in [3.05, 3.63) is 35.9 Å². The van der Waals surface area contributed by atoms with Crippen LogP contribution >= 0.6 is 0 Å². The number of benzene rings is 1. The van der Waals surface area contributed by atoms with Gasteiger partial charge in [0.15, 0.2) is 5.82 Å². The Balaban J connectivity index is 2.00. The largest absolute Gasteiger partial charge is 0.378 e. The van der Waals surface area contributed by atoms with Crippen LogP contribution in [0.15, 0.2) is 24.3 Å². The van der Waals surface area contributed by atoms with E-state index in [9.17, 15) is 0 Å². The molecule has 0 aliphatic rings. The highest BCUT2D eigenvalue weighted by Gasteiger charge is 2.04. The third-order valence-corrected chi connectivity index (χ3v) is 3.02. The number of nitrogens with zero attached hydrogens (tertiary/aromatic N) is 4. The van der Waals surface area contributed by atoms with E-state index in [1.54, 1.807) is 0 Å². The van der Waals surface area contributed by atoms with E-state index in [4.69, 9.17) is 0 Å². The molecule has 1 aromatic heterocycles. The van der Waals surface area contributed by atoms with Crippen LogP contribution in [0.2, 0.25) is 0 Å². The fourth-order valence-electron chi connectivity index (χ4n) is 1.66. The Labute approximate surface area is 107 Å². The van der Waals surface area contributed by atoms with Gasteiger partial charge in [-0.05, 0) is 31.2 Å². The van der Waals surface area contributed by atoms with E-state index in [0.29, 0.717) is 6.54 Å². The Kier molecular flexibility index (Phi) is 3.50. The van der Waals surface area contributed by atoms with E-state index in [0.717, 1.165) is 17.3 Å². The van der Waals surface area contributed by atoms with Gasteiger partial charge < -0.3 is 14.8 Å².